The molecule has 0 saturated heterocycles. The first-order valence-corrected chi connectivity index (χ1v) is 6.46. The van der Waals surface area contributed by atoms with Crippen molar-refractivity contribution in [2.24, 2.45) is 13.0 Å². The number of aliphatic carboxylic acids is 1. The average Bonchev–Trinajstić information content (AvgIpc) is 2.64. The van der Waals surface area contributed by atoms with Gasteiger partial charge in [-0.15, -0.1) is 0 Å². The summed E-state index contributed by atoms with van der Waals surface area (Å²) in [5.41, 5.74) is 0. The minimum absolute atomic E-state index is 0.145. The molecule has 20 heavy (non-hydrogen) atoms. The minimum atomic E-state index is -0.803. The molecule has 1 atom stereocenters. The number of carbonyl (C=O) groups is 1. The number of aryl methyl sites for hydroxylation is 1. The van der Waals surface area contributed by atoms with E-state index in [1.807, 2.05) is 6.92 Å². The van der Waals surface area contributed by atoms with Crippen LogP contribution in [0.1, 0.15) is 32.0 Å². The SMILES string of the molecule is Cc1nc([N+](=O)[O-])c(NCCC(C)CCC(=O)O)n1C. The van der Waals surface area contributed by atoms with Gasteiger partial charge in [-0.1, -0.05) is 6.92 Å². The van der Waals surface area contributed by atoms with Gasteiger partial charge in [0.1, 0.15) is 0 Å². The maximum atomic E-state index is 10.9. The highest BCUT2D eigenvalue weighted by atomic mass is 16.6. The van der Waals surface area contributed by atoms with Crippen molar-refractivity contribution in [3.63, 3.8) is 0 Å². The van der Waals surface area contributed by atoms with Gasteiger partial charge >= 0.3 is 11.8 Å². The van der Waals surface area contributed by atoms with Crippen molar-refractivity contribution >= 4 is 17.6 Å². The highest BCUT2D eigenvalue weighted by molar-refractivity contribution is 5.66. The van der Waals surface area contributed by atoms with Gasteiger partial charge in [0.25, 0.3) is 0 Å². The standard InChI is InChI=1S/C12H20N4O4/c1-8(4-5-10(17)18)6-7-13-11-12(16(19)20)14-9(2)15(11)3/h8,13H,4-7H2,1-3H3,(H,17,18). The molecule has 0 aliphatic carbocycles. The summed E-state index contributed by atoms with van der Waals surface area (Å²) in [7, 11) is 1.71. The number of rotatable bonds is 8. The topological polar surface area (TPSA) is 110 Å². The van der Waals surface area contributed by atoms with E-state index >= 15 is 0 Å². The molecule has 1 heterocycles. The summed E-state index contributed by atoms with van der Waals surface area (Å²) in [5, 5.41) is 22.5. The predicted molar refractivity (Wildman–Crippen MR) is 73.7 cm³/mol. The highest BCUT2D eigenvalue weighted by Crippen LogP contribution is 2.24. The summed E-state index contributed by atoms with van der Waals surface area (Å²) in [6.45, 7) is 4.21. The van der Waals surface area contributed by atoms with Gasteiger partial charge in [-0.2, -0.15) is 0 Å². The molecular formula is C12H20N4O4. The third-order valence-corrected chi connectivity index (χ3v) is 3.25. The lowest BCUT2D eigenvalue weighted by Crippen LogP contribution is -2.11. The number of nitrogens with one attached hydrogen (secondary N) is 1. The highest BCUT2D eigenvalue weighted by Gasteiger charge is 2.23. The molecule has 0 fully saturated rings. The second-order valence-corrected chi connectivity index (χ2v) is 4.90. The Morgan fingerprint density at radius 1 is 1.55 bits per heavy atom. The Morgan fingerprint density at radius 3 is 2.75 bits per heavy atom. The van der Waals surface area contributed by atoms with Crippen molar-refractivity contribution in [3.05, 3.63) is 15.9 Å². The van der Waals surface area contributed by atoms with Crippen LogP contribution in [0.15, 0.2) is 0 Å². The first-order chi connectivity index (χ1) is 9.32. The van der Waals surface area contributed by atoms with Crippen molar-refractivity contribution in [3.8, 4) is 0 Å². The number of hydrogen-bond donors (Lipinski definition) is 2. The van der Waals surface area contributed by atoms with Crippen molar-refractivity contribution in [1.82, 2.24) is 9.55 Å². The fourth-order valence-electron chi connectivity index (χ4n) is 1.87. The zero-order chi connectivity index (χ0) is 15.3. The number of nitro groups is 1. The van der Waals surface area contributed by atoms with Crippen LogP contribution in [-0.2, 0) is 11.8 Å². The Labute approximate surface area is 117 Å². The molecule has 1 aromatic rings. The second kappa shape index (κ2) is 6.88. The zero-order valence-corrected chi connectivity index (χ0v) is 11.9. The Bertz CT molecular complexity index is 498. The Balaban J connectivity index is 2.53. The van der Waals surface area contributed by atoms with Crippen molar-refractivity contribution in [2.75, 3.05) is 11.9 Å². The average molecular weight is 284 g/mol. The summed E-state index contributed by atoms with van der Waals surface area (Å²) in [5.74, 6) is 0.217. The number of carboxylic acid groups (broad SMARTS) is 1. The molecule has 112 valence electrons. The quantitative estimate of drug-likeness (QED) is 0.557. The molecule has 8 nitrogen and oxygen atoms in total. The van der Waals surface area contributed by atoms with Gasteiger partial charge in [-0.05, 0) is 28.7 Å². The Hall–Kier alpha value is -2.12. The predicted octanol–water partition coefficient (Wildman–Crippen LogP) is 1.94. The fraction of sp³-hybridized carbons (Fsp3) is 0.667. The zero-order valence-electron chi connectivity index (χ0n) is 11.9. The number of nitrogens with zero attached hydrogens (tertiary/aromatic N) is 3. The van der Waals surface area contributed by atoms with E-state index in [9.17, 15) is 14.9 Å². The van der Waals surface area contributed by atoms with Crippen LogP contribution in [0.5, 0.6) is 0 Å². The summed E-state index contributed by atoms with van der Waals surface area (Å²) in [6.07, 6.45) is 1.49. The molecular weight excluding hydrogens is 264 g/mol. The Morgan fingerprint density at radius 2 is 2.20 bits per heavy atom. The number of imidazole rings is 1. The lowest BCUT2D eigenvalue weighted by molar-refractivity contribution is -0.388. The van der Waals surface area contributed by atoms with Gasteiger partial charge in [-0.25, -0.2) is 0 Å². The lowest BCUT2D eigenvalue weighted by Gasteiger charge is -2.11. The number of carboxylic acids is 1. The third-order valence-electron chi connectivity index (χ3n) is 3.25. The normalized spacial score (nSPS) is 12.2. The third kappa shape index (κ3) is 4.22. The monoisotopic (exact) mass is 284 g/mol. The Kier molecular flexibility index (Phi) is 5.48. The molecule has 2 N–H and O–H groups in total. The van der Waals surface area contributed by atoms with Crippen LogP contribution in [0.2, 0.25) is 0 Å². The number of hydrogen-bond acceptors (Lipinski definition) is 5. The van der Waals surface area contributed by atoms with Crippen LogP contribution in [0.3, 0.4) is 0 Å². The first kappa shape index (κ1) is 15.9. The molecule has 8 heteroatoms. The molecule has 0 amide bonds. The fourth-order valence-corrected chi connectivity index (χ4v) is 1.87. The van der Waals surface area contributed by atoms with Crippen LogP contribution < -0.4 is 5.32 Å². The van der Waals surface area contributed by atoms with Crippen LogP contribution in [0.25, 0.3) is 0 Å². The van der Waals surface area contributed by atoms with Crippen LogP contribution >= 0.6 is 0 Å². The van der Waals surface area contributed by atoms with E-state index < -0.39 is 10.9 Å². The van der Waals surface area contributed by atoms with E-state index in [0.29, 0.717) is 24.6 Å². The molecule has 0 aliphatic heterocycles. The maximum absolute atomic E-state index is 10.9. The van der Waals surface area contributed by atoms with Crippen molar-refractivity contribution in [1.29, 1.82) is 0 Å². The molecule has 1 unspecified atom stereocenters. The summed E-state index contributed by atoms with van der Waals surface area (Å²) in [4.78, 5) is 24.7. The van der Waals surface area contributed by atoms with E-state index in [2.05, 4.69) is 10.3 Å². The number of anilines is 1. The smallest absolute Gasteiger partial charge is 0.406 e. The molecule has 0 aliphatic rings. The summed E-state index contributed by atoms with van der Waals surface area (Å²) >= 11 is 0. The van der Waals surface area contributed by atoms with Crippen LogP contribution in [-0.4, -0.2) is 32.1 Å². The molecule has 0 radical (unpaired) electrons. The molecule has 0 saturated carbocycles. The van der Waals surface area contributed by atoms with E-state index in [1.165, 1.54) is 0 Å². The molecule has 0 spiro atoms. The van der Waals surface area contributed by atoms with E-state index in [-0.39, 0.29) is 18.2 Å². The van der Waals surface area contributed by atoms with E-state index in [1.54, 1.807) is 18.5 Å². The summed E-state index contributed by atoms with van der Waals surface area (Å²) < 4.78 is 1.64. The van der Waals surface area contributed by atoms with Gasteiger partial charge < -0.3 is 20.5 Å². The van der Waals surface area contributed by atoms with Crippen molar-refractivity contribution in [2.45, 2.75) is 33.1 Å². The van der Waals surface area contributed by atoms with Crippen LogP contribution in [0.4, 0.5) is 11.6 Å². The first-order valence-electron chi connectivity index (χ1n) is 6.46. The van der Waals surface area contributed by atoms with Gasteiger partial charge in [0, 0.05) is 26.9 Å². The molecule has 0 aromatic carbocycles. The molecule has 0 bridgehead atoms. The van der Waals surface area contributed by atoms with Crippen molar-refractivity contribution < 1.29 is 14.8 Å². The molecule has 1 aromatic heterocycles. The van der Waals surface area contributed by atoms with Gasteiger partial charge in [-0.3, -0.25) is 9.36 Å². The molecule has 1 rings (SSSR count). The maximum Gasteiger partial charge on any atom is 0.406 e. The van der Waals surface area contributed by atoms with Crippen LogP contribution in [0, 0.1) is 23.0 Å². The van der Waals surface area contributed by atoms with E-state index in [0.717, 1.165) is 6.42 Å². The summed E-state index contributed by atoms with van der Waals surface area (Å²) in [6, 6.07) is 0. The lowest BCUT2D eigenvalue weighted by atomic mass is 10.0. The largest absolute Gasteiger partial charge is 0.481 e. The van der Waals surface area contributed by atoms with Gasteiger partial charge in [0.05, 0.1) is 0 Å². The van der Waals surface area contributed by atoms with Gasteiger partial charge in [0.2, 0.25) is 11.6 Å². The minimum Gasteiger partial charge on any atom is -0.481 e. The van der Waals surface area contributed by atoms with E-state index in [4.69, 9.17) is 5.11 Å². The number of aromatic nitrogens is 2. The van der Waals surface area contributed by atoms with Gasteiger partial charge in [0.15, 0.2) is 0 Å². The second-order valence-electron chi connectivity index (χ2n) is 4.90.